The van der Waals surface area contributed by atoms with Crippen LogP contribution in [0.5, 0.6) is 0 Å². The Bertz CT molecular complexity index is 744. The van der Waals surface area contributed by atoms with Crippen LogP contribution in [-0.2, 0) is 4.74 Å². The summed E-state index contributed by atoms with van der Waals surface area (Å²) in [7, 11) is 0. The van der Waals surface area contributed by atoms with Crippen molar-refractivity contribution in [3.8, 4) is 6.07 Å². The van der Waals surface area contributed by atoms with Crippen LogP contribution in [0.4, 0.5) is 0 Å². The van der Waals surface area contributed by atoms with E-state index in [1.807, 2.05) is 6.07 Å². The van der Waals surface area contributed by atoms with Crippen LogP contribution in [0, 0.1) is 11.3 Å². The number of benzene rings is 1. The van der Waals surface area contributed by atoms with Gasteiger partial charge in [-0.05, 0) is 38.0 Å². The van der Waals surface area contributed by atoms with E-state index in [1.165, 1.54) is 30.0 Å². The van der Waals surface area contributed by atoms with E-state index in [0.29, 0.717) is 5.56 Å². The highest BCUT2D eigenvalue weighted by molar-refractivity contribution is 6.22. The summed E-state index contributed by atoms with van der Waals surface area (Å²) in [4.78, 5) is 38.6. The zero-order valence-electron chi connectivity index (χ0n) is 13.4. The zero-order valence-corrected chi connectivity index (χ0v) is 13.4. The fourth-order valence-electron chi connectivity index (χ4n) is 3.31. The first-order chi connectivity index (χ1) is 11.5. The third kappa shape index (κ3) is 2.78. The second-order valence-corrected chi connectivity index (χ2v) is 6.21. The normalized spacial score (nSPS) is 18.9. The molecule has 2 aliphatic rings. The van der Waals surface area contributed by atoms with Gasteiger partial charge in [0, 0.05) is 6.04 Å². The summed E-state index contributed by atoms with van der Waals surface area (Å²) < 4.78 is 4.94. The molecule has 1 aliphatic carbocycles. The topological polar surface area (TPSA) is 87.5 Å². The molecule has 124 valence electrons. The molecular weight excluding hydrogens is 308 g/mol. The van der Waals surface area contributed by atoms with Crippen molar-refractivity contribution in [2.75, 3.05) is 0 Å². The zero-order chi connectivity index (χ0) is 17.3. The Morgan fingerprint density at radius 1 is 1.21 bits per heavy atom. The van der Waals surface area contributed by atoms with Gasteiger partial charge in [-0.15, -0.1) is 0 Å². The number of hydrogen-bond donors (Lipinski definition) is 0. The standard InChI is InChI=1S/C18H18N2O4/c1-11(10-19)24-18(23)12-7-8-14-15(9-12)17(22)20(16(14)21)13-5-3-2-4-6-13/h7-9,11,13H,2-6H2,1H3/t11-/m0/s1. The molecule has 1 fully saturated rings. The summed E-state index contributed by atoms with van der Waals surface area (Å²) in [6.07, 6.45) is 3.96. The van der Waals surface area contributed by atoms with Crippen LogP contribution < -0.4 is 0 Å². The van der Waals surface area contributed by atoms with Crippen LogP contribution in [0.1, 0.15) is 70.1 Å². The Hall–Kier alpha value is -2.68. The monoisotopic (exact) mass is 326 g/mol. The van der Waals surface area contributed by atoms with Crippen molar-refractivity contribution in [3.63, 3.8) is 0 Å². The third-order valence-corrected chi connectivity index (χ3v) is 4.56. The van der Waals surface area contributed by atoms with E-state index >= 15 is 0 Å². The van der Waals surface area contributed by atoms with E-state index in [9.17, 15) is 14.4 Å². The maximum Gasteiger partial charge on any atom is 0.339 e. The minimum atomic E-state index is -0.873. The van der Waals surface area contributed by atoms with E-state index in [4.69, 9.17) is 10.00 Å². The largest absolute Gasteiger partial charge is 0.444 e. The van der Waals surface area contributed by atoms with E-state index in [1.54, 1.807) is 0 Å². The molecule has 24 heavy (non-hydrogen) atoms. The summed E-state index contributed by atoms with van der Waals surface area (Å²) in [6, 6.07) is 6.10. The highest BCUT2D eigenvalue weighted by atomic mass is 16.5. The fourth-order valence-corrected chi connectivity index (χ4v) is 3.31. The van der Waals surface area contributed by atoms with Gasteiger partial charge in [-0.1, -0.05) is 19.3 Å². The molecule has 1 atom stereocenters. The Kier molecular flexibility index (Phi) is 4.34. The van der Waals surface area contributed by atoms with Gasteiger partial charge in [0.1, 0.15) is 6.07 Å². The van der Waals surface area contributed by atoms with Crippen LogP contribution in [0.2, 0.25) is 0 Å². The molecule has 6 heteroatoms. The lowest BCUT2D eigenvalue weighted by Gasteiger charge is -2.29. The van der Waals surface area contributed by atoms with Gasteiger partial charge in [-0.2, -0.15) is 5.26 Å². The molecule has 3 rings (SSSR count). The Labute approximate surface area is 140 Å². The second-order valence-electron chi connectivity index (χ2n) is 6.21. The van der Waals surface area contributed by atoms with Crippen molar-refractivity contribution in [2.45, 2.75) is 51.2 Å². The summed E-state index contributed by atoms with van der Waals surface area (Å²) in [6.45, 7) is 1.46. The van der Waals surface area contributed by atoms with Crippen molar-refractivity contribution in [2.24, 2.45) is 0 Å². The van der Waals surface area contributed by atoms with Crippen LogP contribution in [-0.4, -0.2) is 34.8 Å². The van der Waals surface area contributed by atoms with Gasteiger partial charge in [-0.3, -0.25) is 14.5 Å². The molecule has 0 N–H and O–H groups in total. The highest BCUT2D eigenvalue weighted by Gasteiger charge is 2.40. The van der Waals surface area contributed by atoms with Crippen molar-refractivity contribution in [1.82, 2.24) is 4.90 Å². The number of rotatable bonds is 3. The van der Waals surface area contributed by atoms with E-state index in [-0.39, 0.29) is 29.0 Å². The lowest BCUT2D eigenvalue weighted by Crippen LogP contribution is -2.40. The predicted octanol–water partition coefficient (Wildman–Crippen LogP) is 2.68. The van der Waals surface area contributed by atoms with Gasteiger partial charge in [0.05, 0.1) is 16.7 Å². The number of nitrogens with zero attached hydrogens (tertiary/aromatic N) is 2. The van der Waals surface area contributed by atoms with Gasteiger partial charge >= 0.3 is 5.97 Å². The molecule has 0 spiro atoms. The number of amides is 2. The molecule has 2 amide bonds. The number of esters is 1. The van der Waals surface area contributed by atoms with Crippen LogP contribution >= 0.6 is 0 Å². The first-order valence-electron chi connectivity index (χ1n) is 8.15. The number of carbonyl (C=O) groups excluding carboxylic acids is 3. The Morgan fingerprint density at radius 3 is 2.54 bits per heavy atom. The number of hydrogen-bond acceptors (Lipinski definition) is 5. The maximum absolute atomic E-state index is 12.7. The molecular formula is C18H18N2O4. The molecule has 1 aliphatic heterocycles. The van der Waals surface area contributed by atoms with E-state index in [0.717, 1.165) is 32.1 Å². The number of imide groups is 1. The molecule has 0 unspecified atom stereocenters. The third-order valence-electron chi connectivity index (χ3n) is 4.56. The molecule has 1 aromatic carbocycles. The fraction of sp³-hybridized carbons (Fsp3) is 0.444. The summed E-state index contributed by atoms with van der Waals surface area (Å²) >= 11 is 0. The molecule has 1 aromatic rings. The molecule has 0 saturated heterocycles. The number of carbonyl (C=O) groups is 3. The predicted molar refractivity (Wildman–Crippen MR) is 84.3 cm³/mol. The van der Waals surface area contributed by atoms with Gasteiger partial charge in [0.2, 0.25) is 0 Å². The number of nitriles is 1. The minimum absolute atomic E-state index is 0.0554. The molecule has 6 nitrogen and oxygen atoms in total. The average Bonchev–Trinajstić information content (AvgIpc) is 2.86. The van der Waals surface area contributed by atoms with Crippen molar-refractivity contribution < 1.29 is 19.1 Å². The highest BCUT2D eigenvalue weighted by Crippen LogP contribution is 2.31. The molecule has 0 radical (unpaired) electrons. The van der Waals surface area contributed by atoms with Crippen LogP contribution in [0.25, 0.3) is 0 Å². The van der Waals surface area contributed by atoms with Crippen LogP contribution in [0.3, 0.4) is 0 Å². The van der Waals surface area contributed by atoms with Gasteiger partial charge in [0.15, 0.2) is 6.10 Å². The molecule has 0 aromatic heterocycles. The average molecular weight is 326 g/mol. The first kappa shape index (κ1) is 16.2. The Morgan fingerprint density at radius 2 is 1.88 bits per heavy atom. The quantitative estimate of drug-likeness (QED) is 0.629. The molecule has 1 saturated carbocycles. The summed E-state index contributed by atoms with van der Waals surface area (Å²) in [5, 5.41) is 8.71. The van der Waals surface area contributed by atoms with Gasteiger partial charge in [-0.25, -0.2) is 4.79 Å². The molecule has 0 bridgehead atoms. The van der Waals surface area contributed by atoms with Crippen molar-refractivity contribution >= 4 is 17.8 Å². The SMILES string of the molecule is C[C@@H](C#N)OC(=O)c1ccc2c(c1)C(=O)N(C1CCCCC1)C2=O. The van der Waals surface area contributed by atoms with Crippen LogP contribution in [0.15, 0.2) is 18.2 Å². The lowest BCUT2D eigenvalue weighted by atomic mass is 9.94. The number of fused-ring (bicyclic) bond motifs is 1. The lowest BCUT2D eigenvalue weighted by molar-refractivity contribution is 0.0434. The number of ether oxygens (including phenoxy) is 1. The maximum atomic E-state index is 12.7. The van der Waals surface area contributed by atoms with E-state index in [2.05, 4.69) is 0 Å². The van der Waals surface area contributed by atoms with Gasteiger partial charge < -0.3 is 4.74 Å². The van der Waals surface area contributed by atoms with Gasteiger partial charge in [0.25, 0.3) is 11.8 Å². The van der Waals surface area contributed by atoms with Crippen molar-refractivity contribution in [3.05, 3.63) is 34.9 Å². The second kappa shape index (κ2) is 6.44. The first-order valence-corrected chi connectivity index (χ1v) is 8.15. The Balaban J connectivity index is 1.86. The van der Waals surface area contributed by atoms with Crippen molar-refractivity contribution in [1.29, 1.82) is 5.26 Å². The van der Waals surface area contributed by atoms with E-state index < -0.39 is 12.1 Å². The molecule has 1 heterocycles. The summed E-state index contributed by atoms with van der Waals surface area (Å²) in [5.41, 5.74) is 0.739. The smallest absolute Gasteiger partial charge is 0.339 e. The summed E-state index contributed by atoms with van der Waals surface area (Å²) in [5.74, 6) is -1.31. The minimum Gasteiger partial charge on any atom is -0.444 e.